The summed E-state index contributed by atoms with van der Waals surface area (Å²) in [5, 5.41) is 28.3. The topological polar surface area (TPSA) is 130 Å². The fourth-order valence-corrected chi connectivity index (χ4v) is 1.09. The van der Waals surface area contributed by atoms with Crippen molar-refractivity contribution in [3.05, 3.63) is 0 Å². The molecule has 4 atom stereocenters. The smallest absolute Gasteiger partial charge is 0.303 e. The van der Waals surface area contributed by atoms with Gasteiger partial charge < -0.3 is 24.8 Å². The van der Waals surface area contributed by atoms with Gasteiger partial charge in [0.2, 0.25) is 0 Å². The van der Waals surface area contributed by atoms with Gasteiger partial charge in [-0.3, -0.25) is 14.4 Å². The molecule has 0 amide bonds. The van der Waals surface area contributed by atoms with Gasteiger partial charge in [-0.1, -0.05) is 0 Å². The number of carbonyl (C=O) groups excluding carboxylic acids is 3. The van der Waals surface area contributed by atoms with Crippen LogP contribution in [0.2, 0.25) is 0 Å². The first-order valence-electron chi connectivity index (χ1n) is 5.09. The first-order chi connectivity index (χ1) is 8.29. The Morgan fingerprint density at radius 3 is 2.06 bits per heavy atom. The summed E-state index contributed by atoms with van der Waals surface area (Å²) in [4.78, 5) is 31.7. The highest BCUT2D eigenvalue weighted by molar-refractivity contribution is 5.70. The van der Waals surface area contributed by atoms with Gasteiger partial charge in [0.1, 0.15) is 24.9 Å². The average molecular weight is 264 g/mol. The Labute approximate surface area is 103 Å². The van der Waals surface area contributed by atoms with Gasteiger partial charge in [-0.25, -0.2) is 0 Å². The summed E-state index contributed by atoms with van der Waals surface area (Å²) in [7, 11) is 0. The number of aldehydes is 1. The molecule has 0 bridgehead atoms. The molecular weight excluding hydrogens is 248 g/mol. The van der Waals surface area contributed by atoms with E-state index in [1.165, 1.54) is 0 Å². The molecule has 0 aliphatic rings. The lowest BCUT2D eigenvalue weighted by Crippen LogP contribution is -2.48. The van der Waals surface area contributed by atoms with Crippen LogP contribution in [0.25, 0.3) is 0 Å². The van der Waals surface area contributed by atoms with Crippen LogP contribution in [0.15, 0.2) is 0 Å². The van der Waals surface area contributed by atoms with Crippen LogP contribution < -0.4 is 0 Å². The average Bonchev–Trinajstić information content (AvgIpc) is 2.30. The number of aliphatic hydroxyl groups is 3. The molecule has 0 aliphatic heterocycles. The Hall–Kier alpha value is -1.51. The highest BCUT2D eigenvalue weighted by Crippen LogP contribution is 2.08. The SMILES string of the molecule is CC(=O)OC[C@@H](O)[C@@H](O)[C@H](O)[C@H](C=O)OC(C)=O. The first kappa shape index (κ1) is 16.5. The molecule has 0 rings (SSSR count). The Bertz CT molecular complexity index is 302. The summed E-state index contributed by atoms with van der Waals surface area (Å²) in [6.45, 7) is 1.56. The van der Waals surface area contributed by atoms with E-state index in [4.69, 9.17) is 0 Å². The van der Waals surface area contributed by atoms with Crippen LogP contribution in [0, 0.1) is 0 Å². The van der Waals surface area contributed by atoms with Crippen molar-refractivity contribution in [2.24, 2.45) is 0 Å². The molecule has 18 heavy (non-hydrogen) atoms. The van der Waals surface area contributed by atoms with Gasteiger partial charge in [0.05, 0.1) is 0 Å². The molecule has 0 fully saturated rings. The van der Waals surface area contributed by atoms with Crippen molar-refractivity contribution >= 4 is 18.2 Å². The van der Waals surface area contributed by atoms with E-state index in [-0.39, 0.29) is 6.29 Å². The maximum atomic E-state index is 10.6. The third kappa shape index (κ3) is 5.71. The minimum atomic E-state index is -1.82. The molecule has 3 N–H and O–H groups in total. The van der Waals surface area contributed by atoms with Crippen molar-refractivity contribution in [3.63, 3.8) is 0 Å². The predicted octanol–water partition coefficient (Wildman–Crippen LogP) is -2.24. The number of aliphatic hydroxyl groups excluding tert-OH is 3. The van der Waals surface area contributed by atoms with E-state index in [0.717, 1.165) is 13.8 Å². The molecule has 0 aliphatic carbocycles. The molecular formula is C10H16O8. The summed E-state index contributed by atoms with van der Waals surface area (Å²) in [5.41, 5.74) is 0. The number of carbonyl (C=O) groups is 3. The molecule has 8 heteroatoms. The fourth-order valence-electron chi connectivity index (χ4n) is 1.09. The third-order valence-corrected chi connectivity index (χ3v) is 1.97. The maximum absolute atomic E-state index is 10.6. The molecule has 8 nitrogen and oxygen atoms in total. The van der Waals surface area contributed by atoms with E-state index in [9.17, 15) is 29.7 Å². The zero-order valence-corrected chi connectivity index (χ0v) is 9.98. The van der Waals surface area contributed by atoms with E-state index in [0.29, 0.717) is 0 Å². The first-order valence-corrected chi connectivity index (χ1v) is 5.09. The molecule has 0 unspecified atom stereocenters. The van der Waals surface area contributed by atoms with E-state index in [1.807, 2.05) is 0 Å². The van der Waals surface area contributed by atoms with E-state index >= 15 is 0 Å². The lowest BCUT2D eigenvalue weighted by atomic mass is 10.0. The van der Waals surface area contributed by atoms with Gasteiger partial charge in [-0.15, -0.1) is 0 Å². The van der Waals surface area contributed by atoms with Crippen molar-refractivity contribution < 1.29 is 39.2 Å². The summed E-state index contributed by atoms with van der Waals surface area (Å²) in [6, 6.07) is 0. The second-order valence-electron chi connectivity index (χ2n) is 3.56. The summed E-state index contributed by atoms with van der Waals surface area (Å²) in [5.74, 6) is -1.50. The van der Waals surface area contributed by atoms with Gasteiger partial charge in [0.15, 0.2) is 12.4 Å². The molecule has 0 saturated carbocycles. The molecule has 0 saturated heterocycles. The monoisotopic (exact) mass is 264 g/mol. The summed E-state index contributed by atoms with van der Waals surface area (Å²) < 4.78 is 8.84. The van der Waals surface area contributed by atoms with Crippen molar-refractivity contribution in [1.29, 1.82) is 0 Å². The Kier molecular flexibility index (Phi) is 7.10. The number of esters is 2. The molecule has 0 heterocycles. The highest BCUT2D eigenvalue weighted by Gasteiger charge is 2.33. The van der Waals surface area contributed by atoms with Gasteiger partial charge in [0.25, 0.3) is 0 Å². The zero-order chi connectivity index (χ0) is 14.3. The van der Waals surface area contributed by atoms with E-state index < -0.39 is 43.0 Å². The van der Waals surface area contributed by atoms with Crippen LogP contribution in [0.4, 0.5) is 0 Å². The Morgan fingerprint density at radius 1 is 1.11 bits per heavy atom. The number of ether oxygens (including phenoxy) is 2. The molecule has 0 radical (unpaired) electrons. The molecule has 0 aromatic carbocycles. The Morgan fingerprint density at radius 2 is 1.67 bits per heavy atom. The molecule has 0 aromatic rings. The van der Waals surface area contributed by atoms with Gasteiger partial charge in [-0.05, 0) is 0 Å². The van der Waals surface area contributed by atoms with Crippen LogP contribution >= 0.6 is 0 Å². The van der Waals surface area contributed by atoms with Gasteiger partial charge >= 0.3 is 11.9 Å². The standard InChI is InChI=1S/C10H16O8/c1-5(12)17-4-7(14)9(15)10(16)8(3-11)18-6(2)13/h3,7-10,14-16H,4H2,1-2H3/t7-,8+,9-,10-/m1/s1. The fraction of sp³-hybridized carbons (Fsp3) is 0.700. The minimum Gasteiger partial charge on any atom is -0.463 e. The van der Waals surface area contributed by atoms with Crippen molar-refractivity contribution in [2.75, 3.05) is 6.61 Å². The van der Waals surface area contributed by atoms with Crippen LogP contribution in [0.3, 0.4) is 0 Å². The third-order valence-electron chi connectivity index (χ3n) is 1.97. The minimum absolute atomic E-state index is 0.119. The number of hydrogen-bond acceptors (Lipinski definition) is 8. The van der Waals surface area contributed by atoms with Gasteiger partial charge in [-0.2, -0.15) is 0 Å². The van der Waals surface area contributed by atoms with E-state index in [2.05, 4.69) is 9.47 Å². The highest BCUT2D eigenvalue weighted by atomic mass is 16.6. The van der Waals surface area contributed by atoms with Crippen LogP contribution in [0.5, 0.6) is 0 Å². The van der Waals surface area contributed by atoms with E-state index in [1.54, 1.807) is 0 Å². The second kappa shape index (κ2) is 7.75. The van der Waals surface area contributed by atoms with Crippen LogP contribution in [-0.4, -0.2) is 64.6 Å². The lowest BCUT2D eigenvalue weighted by molar-refractivity contribution is -0.168. The molecule has 0 spiro atoms. The maximum Gasteiger partial charge on any atom is 0.303 e. The van der Waals surface area contributed by atoms with Crippen LogP contribution in [0.1, 0.15) is 13.8 Å². The van der Waals surface area contributed by atoms with Crippen LogP contribution in [-0.2, 0) is 23.9 Å². The summed E-state index contributed by atoms with van der Waals surface area (Å²) in [6.07, 6.45) is -6.73. The second-order valence-corrected chi connectivity index (χ2v) is 3.56. The largest absolute Gasteiger partial charge is 0.463 e. The van der Waals surface area contributed by atoms with Crippen molar-refractivity contribution in [1.82, 2.24) is 0 Å². The zero-order valence-electron chi connectivity index (χ0n) is 9.98. The summed E-state index contributed by atoms with van der Waals surface area (Å²) >= 11 is 0. The van der Waals surface area contributed by atoms with Gasteiger partial charge in [0, 0.05) is 13.8 Å². The Balaban J connectivity index is 4.44. The lowest BCUT2D eigenvalue weighted by Gasteiger charge is -2.25. The number of hydrogen-bond donors (Lipinski definition) is 3. The molecule has 104 valence electrons. The number of rotatable bonds is 7. The van der Waals surface area contributed by atoms with Crippen molar-refractivity contribution in [3.8, 4) is 0 Å². The normalized spacial score (nSPS) is 17.2. The quantitative estimate of drug-likeness (QED) is 0.347. The predicted molar refractivity (Wildman–Crippen MR) is 56.3 cm³/mol. The van der Waals surface area contributed by atoms with Crippen molar-refractivity contribution in [2.45, 2.75) is 38.3 Å². The molecule has 0 aromatic heterocycles.